The van der Waals surface area contributed by atoms with E-state index >= 15 is 0 Å². The van der Waals surface area contributed by atoms with E-state index in [9.17, 15) is 0 Å². The smallest absolute Gasteiger partial charge is 0.175 e. The van der Waals surface area contributed by atoms with Crippen LogP contribution in [0.15, 0.2) is 29.0 Å². The van der Waals surface area contributed by atoms with Gasteiger partial charge in [0.1, 0.15) is 5.76 Å². The number of nitrogen functional groups attached to an aromatic ring is 1. The summed E-state index contributed by atoms with van der Waals surface area (Å²) >= 11 is 0. The molecule has 4 nitrogen and oxygen atoms in total. The van der Waals surface area contributed by atoms with Crippen molar-refractivity contribution in [1.29, 1.82) is 0 Å². The minimum absolute atomic E-state index is 0.474. The number of rotatable bonds is 3. The van der Waals surface area contributed by atoms with Crippen molar-refractivity contribution in [2.45, 2.75) is 44.9 Å². The van der Waals surface area contributed by atoms with Crippen LogP contribution >= 0.6 is 0 Å². The number of pyridine rings is 1. The van der Waals surface area contributed by atoms with Crippen molar-refractivity contribution in [3.8, 4) is 11.1 Å². The van der Waals surface area contributed by atoms with Gasteiger partial charge in [-0.2, -0.15) is 0 Å². The topological polar surface area (TPSA) is 64.9 Å². The fraction of sp³-hybridized carbons (Fsp3) is 0.500. The van der Waals surface area contributed by atoms with Crippen LogP contribution < -0.4 is 5.73 Å². The maximum absolute atomic E-state index is 5.98. The number of aromatic nitrogens is 2. The lowest BCUT2D eigenvalue weighted by Crippen LogP contribution is -2.03. The van der Waals surface area contributed by atoms with Crippen LogP contribution in [-0.4, -0.2) is 10.1 Å². The van der Waals surface area contributed by atoms with Gasteiger partial charge in [0.05, 0.1) is 5.56 Å². The average Bonchev–Trinajstić information content (AvgIpc) is 2.67. The zero-order valence-corrected chi connectivity index (χ0v) is 11.7. The summed E-state index contributed by atoms with van der Waals surface area (Å²) in [6.07, 6.45) is 12.5. The number of hydrogen-bond donors (Lipinski definition) is 1. The summed E-state index contributed by atoms with van der Waals surface area (Å²) in [5, 5.41) is 3.96. The predicted octanol–water partition coefficient (Wildman–Crippen LogP) is 3.83. The maximum atomic E-state index is 5.98. The van der Waals surface area contributed by atoms with Gasteiger partial charge in [0.2, 0.25) is 0 Å². The molecule has 2 heterocycles. The van der Waals surface area contributed by atoms with Crippen LogP contribution in [0.1, 0.15) is 44.3 Å². The maximum Gasteiger partial charge on any atom is 0.175 e. The molecule has 2 aromatic heterocycles. The van der Waals surface area contributed by atoms with Gasteiger partial charge in [0.25, 0.3) is 0 Å². The standard InChI is InChI=1S/C16H21N3O/c17-16-15(13-8-5-9-18-11-13)14(20-19-16)10-12-6-3-1-2-4-7-12/h5,8-9,11-12H,1-4,6-7,10H2,(H2,17,19). The monoisotopic (exact) mass is 271 g/mol. The third kappa shape index (κ3) is 2.84. The minimum atomic E-state index is 0.474. The van der Waals surface area contributed by atoms with Crippen LogP contribution in [0.2, 0.25) is 0 Å². The Morgan fingerprint density at radius 2 is 2.00 bits per heavy atom. The summed E-state index contributed by atoms with van der Waals surface area (Å²) in [4.78, 5) is 4.16. The molecule has 0 aromatic carbocycles. The van der Waals surface area contributed by atoms with Gasteiger partial charge in [-0.25, -0.2) is 0 Å². The molecule has 2 aromatic rings. The molecule has 20 heavy (non-hydrogen) atoms. The molecule has 1 aliphatic rings. The highest BCUT2D eigenvalue weighted by molar-refractivity contribution is 5.74. The van der Waals surface area contributed by atoms with Crippen molar-refractivity contribution >= 4 is 5.82 Å². The fourth-order valence-electron chi connectivity index (χ4n) is 3.13. The van der Waals surface area contributed by atoms with Crippen molar-refractivity contribution in [2.75, 3.05) is 5.73 Å². The van der Waals surface area contributed by atoms with Crippen molar-refractivity contribution in [2.24, 2.45) is 5.92 Å². The third-order valence-corrected chi connectivity index (χ3v) is 4.19. The first-order chi connectivity index (χ1) is 9.84. The summed E-state index contributed by atoms with van der Waals surface area (Å²) in [6, 6.07) is 3.92. The quantitative estimate of drug-likeness (QED) is 0.861. The van der Waals surface area contributed by atoms with Gasteiger partial charge in [-0.15, -0.1) is 0 Å². The molecule has 0 atom stereocenters. The van der Waals surface area contributed by atoms with E-state index in [0.29, 0.717) is 11.7 Å². The SMILES string of the molecule is Nc1noc(CC2CCCCCC2)c1-c1cccnc1. The minimum Gasteiger partial charge on any atom is -0.380 e. The molecular weight excluding hydrogens is 250 g/mol. The second-order valence-electron chi connectivity index (χ2n) is 5.67. The van der Waals surface area contributed by atoms with Gasteiger partial charge in [0.15, 0.2) is 5.82 Å². The van der Waals surface area contributed by atoms with Gasteiger partial charge < -0.3 is 10.3 Å². The van der Waals surface area contributed by atoms with E-state index in [2.05, 4.69) is 10.1 Å². The summed E-state index contributed by atoms with van der Waals surface area (Å²) in [5.41, 5.74) is 7.90. The second kappa shape index (κ2) is 6.07. The van der Waals surface area contributed by atoms with Gasteiger partial charge in [0, 0.05) is 24.4 Å². The molecule has 0 bridgehead atoms. The molecule has 1 saturated carbocycles. The van der Waals surface area contributed by atoms with Crippen LogP contribution in [0, 0.1) is 5.92 Å². The van der Waals surface area contributed by atoms with Crippen LogP contribution in [-0.2, 0) is 6.42 Å². The van der Waals surface area contributed by atoms with Crippen LogP contribution in [0.4, 0.5) is 5.82 Å². The third-order valence-electron chi connectivity index (χ3n) is 4.19. The van der Waals surface area contributed by atoms with E-state index in [4.69, 9.17) is 10.3 Å². The highest BCUT2D eigenvalue weighted by Crippen LogP contribution is 2.33. The van der Waals surface area contributed by atoms with Gasteiger partial charge in [-0.3, -0.25) is 4.98 Å². The van der Waals surface area contributed by atoms with Crippen molar-refractivity contribution < 1.29 is 4.52 Å². The Hall–Kier alpha value is -1.84. The van der Waals surface area contributed by atoms with Crippen molar-refractivity contribution in [3.63, 3.8) is 0 Å². The van der Waals surface area contributed by atoms with E-state index in [1.165, 1.54) is 38.5 Å². The van der Waals surface area contributed by atoms with Crippen molar-refractivity contribution in [1.82, 2.24) is 10.1 Å². The molecule has 3 rings (SSSR count). The molecule has 1 aliphatic carbocycles. The Bertz CT molecular complexity index is 542. The Kier molecular flexibility index (Phi) is 4.00. The van der Waals surface area contributed by atoms with E-state index < -0.39 is 0 Å². The average molecular weight is 271 g/mol. The molecular formula is C16H21N3O. The summed E-state index contributed by atoms with van der Waals surface area (Å²) in [7, 11) is 0. The summed E-state index contributed by atoms with van der Waals surface area (Å²) < 4.78 is 5.49. The van der Waals surface area contributed by atoms with Crippen LogP contribution in [0.25, 0.3) is 11.1 Å². The predicted molar refractivity (Wildman–Crippen MR) is 79.0 cm³/mol. The molecule has 0 amide bonds. The normalized spacial score (nSPS) is 17.0. The lowest BCUT2D eigenvalue weighted by molar-refractivity contribution is 0.347. The Labute approximate surface area is 119 Å². The molecule has 106 valence electrons. The first kappa shape index (κ1) is 13.2. The first-order valence-corrected chi connectivity index (χ1v) is 7.49. The van der Waals surface area contributed by atoms with Gasteiger partial charge >= 0.3 is 0 Å². The van der Waals surface area contributed by atoms with Crippen molar-refractivity contribution in [3.05, 3.63) is 30.3 Å². The number of nitrogens with two attached hydrogens (primary N) is 1. The molecule has 0 saturated heterocycles. The van der Waals surface area contributed by atoms with Gasteiger partial charge in [-0.05, 0) is 12.0 Å². The number of anilines is 1. The van der Waals surface area contributed by atoms with E-state index in [0.717, 1.165) is 23.3 Å². The van der Waals surface area contributed by atoms with E-state index in [1.807, 2.05) is 18.3 Å². The summed E-state index contributed by atoms with van der Waals surface area (Å²) in [5.74, 6) is 2.09. The lowest BCUT2D eigenvalue weighted by atomic mass is 9.93. The molecule has 0 radical (unpaired) electrons. The second-order valence-corrected chi connectivity index (χ2v) is 5.67. The van der Waals surface area contributed by atoms with E-state index in [-0.39, 0.29) is 0 Å². The zero-order valence-electron chi connectivity index (χ0n) is 11.7. The van der Waals surface area contributed by atoms with E-state index in [1.54, 1.807) is 6.20 Å². The molecule has 1 fully saturated rings. The van der Waals surface area contributed by atoms with Crippen LogP contribution in [0.3, 0.4) is 0 Å². The lowest BCUT2D eigenvalue weighted by Gasteiger charge is -2.12. The first-order valence-electron chi connectivity index (χ1n) is 7.49. The Morgan fingerprint density at radius 3 is 2.70 bits per heavy atom. The highest BCUT2D eigenvalue weighted by atomic mass is 16.5. The Balaban J connectivity index is 1.83. The molecule has 0 unspecified atom stereocenters. The largest absolute Gasteiger partial charge is 0.380 e. The molecule has 0 aliphatic heterocycles. The summed E-state index contributed by atoms with van der Waals surface area (Å²) in [6.45, 7) is 0. The molecule has 2 N–H and O–H groups in total. The fourth-order valence-corrected chi connectivity index (χ4v) is 3.13. The molecule has 0 spiro atoms. The zero-order chi connectivity index (χ0) is 13.8. The van der Waals surface area contributed by atoms with Crippen LogP contribution in [0.5, 0.6) is 0 Å². The Morgan fingerprint density at radius 1 is 1.20 bits per heavy atom. The van der Waals surface area contributed by atoms with Gasteiger partial charge in [-0.1, -0.05) is 49.7 Å². The molecule has 4 heteroatoms. The number of nitrogens with zero attached hydrogens (tertiary/aromatic N) is 2. The number of hydrogen-bond acceptors (Lipinski definition) is 4. The highest BCUT2D eigenvalue weighted by Gasteiger charge is 2.21.